The summed E-state index contributed by atoms with van der Waals surface area (Å²) in [5, 5.41) is 0. The molecular weight excluding hydrogens is 310 g/mol. The first-order chi connectivity index (χ1) is 10.6. The van der Waals surface area contributed by atoms with E-state index in [1.165, 1.54) is 9.79 Å². The van der Waals surface area contributed by atoms with Crippen LogP contribution in [0, 0.1) is 0 Å². The van der Waals surface area contributed by atoms with Crippen molar-refractivity contribution in [1.29, 1.82) is 0 Å². The number of hydrogen-bond acceptors (Lipinski definition) is 4. The molecule has 2 aromatic carbocycles. The number of ether oxygens (including phenoxy) is 1. The molecule has 0 aromatic heterocycles. The van der Waals surface area contributed by atoms with Gasteiger partial charge in [0, 0.05) is 9.79 Å². The molecule has 0 bridgehead atoms. The van der Waals surface area contributed by atoms with Crippen LogP contribution in [0.1, 0.15) is 13.8 Å². The van der Waals surface area contributed by atoms with E-state index in [1.54, 1.807) is 23.5 Å². The van der Waals surface area contributed by atoms with Crippen molar-refractivity contribution < 1.29 is 4.74 Å². The van der Waals surface area contributed by atoms with E-state index in [4.69, 9.17) is 9.73 Å². The van der Waals surface area contributed by atoms with Gasteiger partial charge < -0.3 is 4.74 Å². The lowest BCUT2D eigenvalue weighted by Crippen LogP contribution is -2.17. The van der Waals surface area contributed by atoms with Crippen LogP contribution in [0.15, 0.2) is 75.4 Å². The monoisotopic (exact) mass is 329 g/mol. The topological polar surface area (TPSA) is 21.6 Å². The molecule has 4 heteroatoms. The summed E-state index contributed by atoms with van der Waals surface area (Å²) < 4.78 is 6.01. The maximum atomic E-state index is 5.88. The van der Waals surface area contributed by atoms with Gasteiger partial charge in [-0.15, -0.1) is 23.5 Å². The molecule has 0 aliphatic carbocycles. The second-order valence-electron chi connectivity index (χ2n) is 5.74. The maximum Gasteiger partial charge on any atom is 0.208 e. The Kier molecular flexibility index (Phi) is 4.79. The summed E-state index contributed by atoms with van der Waals surface area (Å²) in [5.41, 5.74) is -0.123. The molecule has 0 saturated heterocycles. The van der Waals surface area contributed by atoms with Gasteiger partial charge in [0.1, 0.15) is 11.2 Å². The van der Waals surface area contributed by atoms with Gasteiger partial charge in [-0.3, -0.25) is 0 Å². The molecule has 0 radical (unpaired) electrons. The Morgan fingerprint density at radius 2 is 1.41 bits per heavy atom. The van der Waals surface area contributed by atoms with Crippen LogP contribution in [0.5, 0.6) is 0 Å². The Labute approximate surface area is 140 Å². The van der Waals surface area contributed by atoms with Gasteiger partial charge in [-0.2, -0.15) is 0 Å². The van der Waals surface area contributed by atoms with E-state index >= 15 is 0 Å². The van der Waals surface area contributed by atoms with E-state index in [0.29, 0.717) is 6.61 Å². The zero-order valence-electron chi connectivity index (χ0n) is 12.7. The highest BCUT2D eigenvalue weighted by molar-refractivity contribution is 8.18. The van der Waals surface area contributed by atoms with Gasteiger partial charge in [-0.25, -0.2) is 4.99 Å². The molecule has 2 aromatic rings. The highest BCUT2D eigenvalue weighted by atomic mass is 32.2. The molecule has 0 spiro atoms. The summed E-state index contributed by atoms with van der Waals surface area (Å²) in [6.07, 6.45) is 0. The molecule has 0 unspecified atom stereocenters. The van der Waals surface area contributed by atoms with E-state index < -0.39 is 0 Å². The Bertz CT molecular complexity index is 599. The quantitative estimate of drug-likeness (QED) is 0.562. The average Bonchev–Trinajstić information content (AvgIpc) is 2.89. The molecule has 0 amide bonds. The largest absolute Gasteiger partial charge is 0.477 e. The van der Waals surface area contributed by atoms with Crippen LogP contribution in [-0.2, 0) is 4.74 Å². The summed E-state index contributed by atoms with van der Waals surface area (Å²) in [6, 6.07) is 20.8. The van der Waals surface area contributed by atoms with Crippen molar-refractivity contribution in [2.45, 2.75) is 33.8 Å². The third-order valence-electron chi connectivity index (χ3n) is 3.16. The second-order valence-corrected chi connectivity index (χ2v) is 8.40. The summed E-state index contributed by atoms with van der Waals surface area (Å²) in [6.45, 7) is 4.87. The molecule has 22 heavy (non-hydrogen) atoms. The zero-order chi connectivity index (χ0) is 15.4. The number of rotatable bonds is 5. The first-order valence-electron chi connectivity index (χ1n) is 7.28. The number of aliphatic imine (C=N–C) groups is 1. The maximum absolute atomic E-state index is 5.88. The third kappa shape index (κ3) is 4.08. The van der Waals surface area contributed by atoms with Gasteiger partial charge in [0.25, 0.3) is 0 Å². The van der Waals surface area contributed by atoms with Crippen molar-refractivity contribution in [1.82, 2.24) is 0 Å². The summed E-state index contributed by atoms with van der Waals surface area (Å²) in [5.74, 6) is 0.840. The predicted octanol–water partition coefficient (Wildman–Crippen LogP) is 5.10. The minimum absolute atomic E-state index is 0.123. The minimum Gasteiger partial charge on any atom is -0.477 e. The number of benzene rings is 2. The van der Waals surface area contributed by atoms with Crippen LogP contribution >= 0.6 is 23.5 Å². The molecule has 0 atom stereocenters. The lowest BCUT2D eigenvalue weighted by atomic mass is 10.1. The molecule has 2 nitrogen and oxygen atoms in total. The number of nitrogens with zero attached hydrogens (tertiary/aromatic N) is 1. The normalized spacial score (nSPS) is 16.4. The lowest BCUT2D eigenvalue weighted by Gasteiger charge is -2.15. The van der Waals surface area contributed by atoms with Crippen molar-refractivity contribution in [3.05, 3.63) is 60.7 Å². The second kappa shape index (κ2) is 6.80. The first kappa shape index (κ1) is 15.5. The fourth-order valence-electron chi connectivity index (χ4n) is 2.10. The van der Waals surface area contributed by atoms with Crippen molar-refractivity contribution >= 4 is 29.4 Å². The summed E-state index contributed by atoms with van der Waals surface area (Å²) in [7, 11) is 0. The molecule has 1 aliphatic heterocycles. The van der Waals surface area contributed by atoms with Crippen molar-refractivity contribution in [3.8, 4) is 0 Å². The van der Waals surface area contributed by atoms with Crippen molar-refractivity contribution in [2.75, 3.05) is 6.61 Å². The molecule has 0 N–H and O–H groups in total. The Balaban J connectivity index is 1.82. The molecule has 1 aliphatic rings. The van der Waals surface area contributed by atoms with Crippen LogP contribution in [0.4, 0.5) is 0 Å². The van der Waals surface area contributed by atoms with Gasteiger partial charge in [0.2, 0.25) is 5.90 Å². The van der Waals surface area contributed by atoms with Crippen molar-refractivity contribution in [3.63, 3.8) is 0 Å². The fraction of sp³-hybridized carbons (Fsp3) is 0.278. The molecule has 3 rings (SSSR count). The van der Waals surface area contributed by atoms with Crippen LogP contribution in [0.25, 0.3) is 0 Å². The van der Waals surface area contributed by atoms with E-state index in [1.807, 2.05) is 12.1 Å². The van der Waals surface area contributed by atoms with Crippen LogP contribution in [0.2, 0.25) is 0 Å². The smallest absolute Gasteiger partial charge is 0.208 e. The highest BCUT2D eigenvalue weighted by Crippen LogP contribution is 2.38. The van der Waals surface area contributed by atoms with Crippen molar-refractivity contribution in [2.24, 2.45) is 4.99 Å². The van der Waals surface area contributed by atoms with Gasteiger partial charge in [0.15, 0.2) is 0 Å². The fourth-order valence-corrected chi connectivity index (χ4v) is 4.53. The Morgan fingerprint density at radius 3 is 1.82 bits per heavy atom. The SMILES string of the molecule is CC1(C)COC(C(Sc2ccccc2)Sc2ccccc2)=N1. The van der Waals surface area contributed by atoms with Gasteiger partial charge in [-0.1, -0.05) is 36.4 Å². The van der Waals surface area contributed by atoms with E-state index in [2.05, 4.69) is 62.4 Å². The predicted molar refractivity (Wildman–Crippen MR) is 95.9 cm³/mol. The average molecular weight is 329 g/mol. The van der Waals surface area contributed by atoms with E-state index in [0.717, 1.165) is 5.90 Å². The van der Waals surface area contributed by atoms with E-state index in [-0.39, 0.29) is 10.1 Å². The van der Waals surface area contributed by atoms with Crippen LogP contribution in [-0.4, -0.2) is 22.6 Å². The molecule has 114 valence electrons. The Hall–Kier alpha value is -1.39. The molecule has 0 saturated carbocycles. The Morgan fingerprint density at radius 1 is 0.909 bits per heavy atom. The lowest BCUT2D eigenvalue weighted by molar-refractivity contribution is 0.277. The summed E-state index contributed by atoms with van der Waals surface area (Å²) in [4.78, 5) is 7.22. The molecule has 0 fully saturated rings. The number of hydrogen-bond donors (Lipinski definition) is 0. The van der Waals surface area contributed by atoms with Crippen LogP contribution < -0.4 is 0 Å². The standard InChI is InChI=1S/C18H19NOS2/c1-18(2)13-20-16(19-18)17(21-14-9-5-3-6-10-14)22-15-11-7-4-8-12-15/h3-12,17H,13H2,1-2H3. The van der Waals surface area contributed by atoms with Gasteiger partial charge in [-0.05, 0) is 38.1 Å². The summed E-state index contributed by atoms with van der Waals surface area (Å²) >= 11 is 3.58. The third-order valence-corrected chi connectivity index (χ3v) is 5.66. The highest BCUT2D eigenvalue weighted by Gasteiger charge is 2.32. The number of thioether (sulfide) groups is 2. The minimum atomic E-state index is -0.123. The van der Waals surface area contributed by atoms with Gasteiger partial charge in [0.05, 0.1) is 5.54 Å². The van der Waals surface area contributed by atoms with E-state index in [9.17, 15) is 0 Å². The van der Waals surface area contributed by atoms with Gasteiger partial charge >= 0.3 is 0 Å². The zero-order valence-corrected chi connectivity index (χ0v) is 14.4. The molecular formula is C18H19NOS2. The van der Waals surface area contributed by atoms with Crippen LogP contribution in [0.3, 0.4) is 0 Å². The first-order valence-corrected chi connectivity index (χ1v) is 9.04. The molecule has 1 heterocycles.